The summed E-state index contributed by atoms with van der Waals surface area (Å²) in [6.45, 7) is 4.71. The highest BCUT2D eigenvalue weighted by atomic mass is 31.2. The van der Waals surface area contributed by atoms with Crippen LogP contribution in [0.5, 0.6) is 0 Å². The summed E-state index contributed by atoms with van der Waals surface area (Å²) in [7, 11) is -4.05. The van der Waals surface area contributed by atoms with E-state index < -0.39 is 65.9 Å². The average Bonchev–Trinajstić information content (AvgIpc) is 2.65. The molecule has 0 bridgehead atoms. The lowest BCUT2D eigenvalue weighted by Crippen LogP contribution is -2.26. The maximum atomic E-state index is 13.8. The number of nitrogens with zero attached hydrogens (tertiary/aromatic N) is 1. The molecule has 0 aromatic carbocycles. The van der Waals surface area contributed by atoms with Gasteiger partial charge in [-0.1, -0.05) is 0 Å². The van der Waals surface area contributed by atoms with E-state index in [0.717, 1.165) is 7.11 Å². The fourth-order valence-electron chi connectivity index (χ4n) is 2.55. The Hall–Kier alpha value is -2.11. The van der Waals surface area contributed by atoms with Gasteiger partial charge in [0.15, 0.2) is 5.69 Å². The third-order valence-electron chi connectivity index (χ3n) is 3.58. The zero-order valence-electron chi connectivity index (χ0n) is 17.3. The predicted octanol–water partition coefficient (Wildman–Crippen LogP) is 5.05. The summed E-state index contributed by atoms with van der Waals surface area (Å²) < 4.78 is 95.4. The van der Waals surface area contributed by atoms with E-state index in [0.29, 0.717) is 0 Å². The number of hydrogen-bond donors (Lipinski definition) is 1. The summed E-state index contributed by atoms with van der Waals surface area (Å²) in [5.41, 5.74) is -8.88. The number of esters is 1. The van der Waals surface area contributed by atoms with Gasteiger partial charge < -0.3 is 19.1 Å². The number of halogens is 5. The molecule has 1 heterocycles. The second-order valence-corrected chi connectivity index (χ2v) is 8.12. The average molecular weight is 476 g/mol. The van der Waals surface area contributed by atoms with Crippen LogP contribution < -0.4 is 5.32 Å². The molecule has 14 heteroatoms. The van der Waals surface area contributed by atoms with E-state index in [-0.39, 0.29) is 13.2 Å². The summed E-state index contributed by atoms with van der Waals surface area (Å²) in [5.74, 6) is -1.48. The Morgan fingerprint density at radius 3 is 1.97 bits per heavy atom. The molecule has 0 spiro atoms. The van der Waals surface area contributed by atoms with Gasteiger partial charge in [0.1, 0.15) is 11.3 Å². The summed E-state index contributed by atoms with van der Waals surface area (Å²) >= 11 is 0. The van der Waals surface area contributed by atoms with Crippen LogP contribution in [0.25, 0.3) is 0 Å². The maximum Gasteiger partial charge on any atom is 0.434 e. The number of rotatable bonds is 10. The fraction of sp³-hybridized carbons (Fsp3) is 0.588. The van der Waals surface area contributed by atoms with Crippen molar-refractivity contribution < 1.29 is 49.9 Å². The summed E-state index contributed by atoms with van der Waals surface area (Å²) in [6, 6.07) is -0.748. The molecule has 0 atom stereocenters. The lowest BCUT2D eigenvalue weighted by molar-refractivity contribution is -0.141. The Morgan fingerprint density at radius 2 is 1.61 bits per heavy atom. The van der Waals surface area contributed by atoms with Crippen LogP contribution in [-0.4, -0.2) is 42.8 Å². The molecule has 0 saturated heterocycles. The first-order valence-electron chi connectivity index (χ1n) is 8.97. The molecule has 0 aliphatic carbocycles. The van der Waals surface area contributed by atoms with Crippen molar-refractivity contribution in [3.8, 4) is 0 Å². The van der Waals surface area contributed by atoms with Gasteiger partial charge in [-0.15, -0.1) is 0 Å². The minimum absolute atomic E-state index is 0.371. The molecule has 8 nitrogen and oxygen atoms in total. The number of carbonyl (C=O) groups is 2. The standard InChI is InChI=1S/C17H22F5N2O6P/c1-6-29-31(27,30-7-2)16(26)10-11(23-8(3)4)9(15(25)28-5)12(14(18)19)24-13(10)17(20,21)22/h8,14H,6-7H2,1-5H3,(H,23,24). The first-order chi connectivity index (χ1) is 14.2. The molecular formula is C17H22F5N2O6P. The van der Waals surface area contributed by atoms with Crippen molar-refractivity contribution in [2.24, 2.45) is 0 Å². The van der Waals surface area contributed by atoms with Gasteiger partial charge in [-0.3, -0.25) is 9.36 Å². The number of alkyl halides is 5. The topological polar surface area (TPSA) is 104 Å². The fourth-order valence-corrected chi connectivity index (χ4v) is 4.03. The lowest BCUT2D eigenvalue weighted by atomic mass is 10.0. The highest BCUT2D eigenvalue weighted by Crippen LogP contribution is 2.54. The molecule has 1 N–H and O–H groups in total. The van der Waals surface area contributed by atoms with Crippen LogP contribution in [0, 0.1) is 0 Å². The highest BCUT2D eigenvalue weighted by molar-refractivity contribution is 7.72. The molecule has 1 aromatic heterocycles. The Balaban J connectivity index is 4.20. The van der Waals surface area contributed by atoms with Crippen molar-refractivity contribution in [3.63, 3.8) is 0 Å². The quantitative estimate of drug-likeness (QED) is 0.284. The Labute approximate surface area is 175 Å². The number of ether oxygens (including phenoxy) is 1. The van der Waals surface area contributed by atoms with Crippen LogP contribution in [0.1, 0.15) is 66.2 Å². The molecule has 176 valence electrons. The van der Waals surface area contributed by atoms with Crippen molar-refractivity contribution in [2.75, 3.05) is 25.6 Å². The van der Waals surface area contributed by atoms with Gasteiger partial charge in [0.2, 0.25) is 0 Å². The van der Waals surface area contributed by atoms with Crippen molar-refractivity contribution in [1.82, 2.24) is 4.98 Å². The van der Waals surface area contributed by atoms with Gasteiger partial charge in [0.05, 0.1) is 31.6 Å². The number of pyridine rings is 1. The number of aromatic nitrogens is 1. The van der Waals surface area contributed by atoms with E-state index in [1.165, 1.54) is 27.7 Å². The largest absolute Gasteiger partial charge is 0.465 e. The maximum absolute atomic E-state index is 13.8. The van der Waals surface area contributed by atoms with Crippen LogP contribution in [-0.2, 0) is 24.5 Å². The normalized spacial score (nSPS) is 12.4. The zero-order chi connectivity index (χ0) is 24.1. The van der Waals surface area contributed by atoms with Gasteiger partial charge >= 0.3 is 19.7 Å². The number of nitrogens with one attached hydrogen (secondary N) is 1. The smallest absolute Gasteiger partial charge is 0.434 e. The van der Waals surface area contributed by atoms with Gasteiger partial charge in [0.25, 0.3) is 11.9 Å². The van der Waals surface area contributed by atoms with E-state index in [4.69, 9.17) is 9.05 Å². The molecule has 1 aromatic rings. The first kappa shape index (κ1) is 26.9. The summed E-state index contributed by atoms with van der Waals surface area (Å²) in [5, 5.41) is 2.37. The Bertz CT molecular complexity index is 866. The predicted molar refractivity (Wildman–Crippen MR) is 99.5 cm³/mol. The Kier molecular flexibility index (Phi) is 9.09. The second kappa shape index (κ2) is 10.5. The zero-order valence-corrected chi connectivity index (χ0v) is 18.2. The molecule has 0 fully saturated rings. The molecule has 31 heavy (non-hydrogen) atoms. The first-order valence-corrected chi connectivity index (χ1v) is 10.5. The minimum atomic E-state index is -5.43. The summed E-state index contributed by atoms with van der Waals surface area (Å²) in [4.78, 5) is 28.1. The van der Waals surface area contributed by atoms with Crippen molar-refractivity contribution in [1.29, 1.82) is 0 Å². The Morgan fingerprint density at radius 1 is 1.10 bits per heavy atom. The van der Waals surface area contributed by atoms with E-state index in [1.54, 1.807) is 0 Å². The highest BCUT2D eigenvalue weighted by Gasteiger charge is 2.48. The van der Waals surface area contributed by atoms with Crippen LogP contribution in [0.4, 0.5) is 27.6 Å². The SMILES string of the molecule is CCOP(=O)(OCC)C(=O)c1c(C(F)(F)F)nc(C(F)F)c(C(=O)OC)c1NC(C)C. The molecule has 0 radical (unpaired) electrons. The number of carbonyl (C=O) groups excluding carboxylic acids is 2. The monoisotopic (exact) mass is 476 g/mol. The van der Waals surface area contributed by atoms with Crippen LogP contribution in [0.15, 0.2) is 0 Å². The molecule has 0 unspecified atom stereocenters. The van der Waals surface area contributed by atoms with Gasteiger partial charge in [-0.05, 0) is 27.7 Å². The minimum Gasteiger partial charge on any atom is -0.465 e. The molecule has 0 aliphatic heterocycles. The van der Waals surface area contributed by atoms with Gasteiger partial charge in [0, 0.05) is 6.04 Å². The third-order valence-corrected chi connectivity index (χ3v) is 5.50. The van der Waals surface area contributed by atoms with E-state index >= 15 is 0 Å². The third kappa shape index (κ3) is 5.98. The van der Waals surface area contributed by atoms with Crippen molar-refractivity contribution in [3.05, 3.63) is 22.5 Å². The summed E-state index contributed by atoms with van der Waals surface area (Å²) in [6.07, 6.45) is -9.06. The van der Waals surface area contributed by atoms with Crippen LogP contribution in [0.3, 0.4) is 0 Å². The van der Waals surface area contributed by atoms with Crippen LogP contribution >= 0.6 is 7.60 Å². The second-order valence-electron chi connectivity index (χ2n) is 6.20. The van der Waals surface area contributed by atoms with Gasteiger partial charge in [-0.2, -0.15) is 13.2 Å². The van der Waals surface area contributed by atoms with E-state index in [1.807, 2.05) is 0 Å². The van der Waals surface area contributed by atoms with Gasteiger partial charge in [-0.25, -0.2) is 18.6 Å². The molecule has 1 rings (SSSR count). The number of hydrogen-bond acceptors (Lipinski definition) is 8. The number of anilines is 1. The van der Waals surface area contributed by atoms with Crippen molar-refractivity contribution >= 4 is 24.8 Å². The molecule has 0 aliphatic rings. The van der Waals surface area contributed by atoms with E-state index in [9.17, 15) is 36.1 Å². The number of methoxy groups -OCH3 is 1. The van der Waals surface area contributed by atoms with Crippen molar-refractivity contribution in [2.45, 2.75) is 46.3 Å². The molecular weight excluding hydrogens is 454 g/mol. The van der Waals surface area contributed by atoms with Crippen LogP contribution in [0.2, 0.25) is 0 Å². The molecule has 0 amide bonds. The molecule has 0 saturated carbocycles. The lowest BCUT2D eigenvalue weighted by Gasteiger charge is -2.24. The van der Waals surface area contributed by atoms with E-state index in [2.05, 4.69) is 15.0 Å².